The summed E-state index contributed by atoms with van der Waals surface area (Å²) in [4.78, 5) is 20.8. The van der Waals surface area contributed by atoms with Gasteiger partial charge in [-0.15, -0.1) is 11.6 Å². The first-order valence-electron chi connectivity index (χ1n) is 4.43. The van der Waals surface area contributed by atoms with Crippen LogP contribution in [0.2, 0.25) is 5.02 Å². The van der Waals surface area contributed by atoms with Gasteiger partial charge >= 0.3 is 5.92 Å². The van der Waals surface area contributed by atoms with E-state index in [0.29, 0.717) is 0 Å². The predicted molar refractivity (Wildman–Crippen MR) is 59.8 cm³/mol. The Balaban J connectivity index is 2.80. The average molecular weight is 280 g/mol. The van der Waals surface area contributed by atoms with Crippen LogP contribution in [-0.2, 0) is 5.92 Å². The number of hydrogen-bond acceptors (Lipinski definition) is 3. The molecule has 0 amide bonds. The van der Waals surface area contributed by atoms with Gasteiger partial charge in [-0.05, 0) is 0 Å². The number of rotatable bonds is 2. The van der Waals surface area contributed by atoms with Crippen LogP contribution in [0.3, 0.4) is 0 Å². The molecule has 0 bridgehead atoms. The molecular weight excluding hydrogens is 275 g/mol. The summed E-state index contributed by atoms with van der Waals surface area (Å²) in [6, 6.07) is 0. The van der Waals surface area contributed by atoms with Gasteiger partial charge in [0.25, 0.3) is 5.56 Å². The summed E-state index contributed by atoms with van der Waals surface area (Å²) in [5.74, 6) is -5.20. The zero-order valence-electron chi connectivity index (χ0n) is 8.18. The lowest BCUT2D eigenvalue weighted by atomic mass is 10.3. The molecule has 8 heteroatoms. The Labute approximate surface area is 104 Å². The van der Waals surface area contributed by atoms with Gasteiger partial charge in [-0.3, -0.25) is 9.78 Å². The fourth-order valence-electron chi connectivity index (χ4n) is 1.26. The lowest BCUT2D eigenvalue weighted by molar-refractivity contribution is 0.0119. The van der Waals surface area contributed by atoms with E-state index >= 15 is 0 Å². The largest absolute Gasteiger partial charge is 0.318 e. The zero-order valence-corrected chi connectivity index (χ0v) is 9.69. The van der Waals surface area contributed by atoms with E-state index in [1.165, 1.54) is 12.4 Å². The van der Waals surface area contributed by atoms with Crippen LogP contribution in [0.25, 0.3) is 10.9 Å². The standard InChI is InChI=1S/C9H5Cl2F2N3O/c10-3-9(12,13)8-15-6-4(7(17)16-8)1-14-2-5(6)11/h1-2H,3H2,(H,15,16,17). The maximum atomic E-state index is 13.3. The molecule has 1 N–H and O–H groups in total. The maximum Gasteiger partial charge on any atom is 0.318 e. The molecule has 0 saturated heterocycles. The van der Waals surface area contributed by atoms with Crippen LogP contribution in [-0.4, -0.2) is 20.8 Å². The van der Waals surface area contributed by atoms with E-state index in [0.717, 1.165) is 0 Å². The van der Waals surface area contributed by atoms with Crippen molar-refractivity contribution in [2.24, 2.45) is 0 Å². The summed E-state index contributed by atoms with van der Waals surface area (Å²) < 4.78 is 26.6. The number of H-pyrrole nitrogens is 1. The number of alkyl halides is 3. The number of aromatic nitrogens is 3. The highest BCUT2D eigenvalue weighted by Gasteiger charge is 2.34. The van der Waals surface area contributed by atoms with Crippen molar-refractivity contribution in [1.82, 2.24) is 15.0 Å². The molecule has 2 aromatic rings. The molecule has 90 valence electrons. The lowest BCUT2D eigenvalue weighted by Crippen LogP contribution is -2.24. The molecule has 2 heterocycles. The number of nitrogens with one attached hydrogen (secondary N) is 1. The molecule has 0 atom stereocenters. The molecule has 0 aromatic carbocycles. The highest BCUT2D eigenvalue weighted by molar-refractivity contribution is 6.34. The molecule has 17 heavy (non-hydrogen) atoms. The van der Waals surface area contributed by atoms with E-state index < -0.39 is 23.2 Å². The Morgan fingerprint density at radius 1 is 1.41 bits per heavy atom. The molecule has 0 aliphatic carbocycles. The smallest absolute Gasteiger partial charge is 0.305 e. The maximum absolute atomic E-state index is 13.3. The molecule has 0 aliphatic heterocycles. The van der Waals surface area contributed by atoms with Gasteiger partial charge in [0.15, 0.2) is 5.82 Å². The molecule has 0 radical (unpaired) electrons. The molecular formula is C9H5Cl2F2N3O. The van der Waals surface area contributed by atoms with E-state index in [2.05, 4.69) is 9.97 Å². The quantitative estimate of drug-likeness (QED) is 0.859. The van der Waals surface area contributed by atoms with Gasteiger partial charge in [0, 0.05) is 12.4 Å². The second kappa shape index (κ2) is 4.19. The zero-order chi connectivity index (χ0) is 12.6. The molecule has 0 fully saturated rings. The van der Waals surface area contributed by atoms with Crippen LogP contribution < -0.4 is 5.56 Å². The summed E-state index contributed by atoms with van der Waals surface area (Å²) in [5.41, 5.74) is -0.755. The van der Waals surface area contributed by atoms with Crippen molar-refractivity contribution in [2.45, 2.75) is 5.92 Å². The summed E-state index contributed by atoms with van der Waals surface area (Å²) in [6.45, 7) is 0. The molecule has 2 rings (SSSR count). The average Bonchev–Trinajstić information content (AvgIpc) is 2.30. The molecule has 0 spiro atoms. The molecule has 0 aliphatic rings. The number of pyridine rings is 1. The lowest BCUT2D eigenvalue weighted by Gasteiger charge is -2.12. The highest BCUT2D eigenvalue weighted by atomic mass is 35.5. The number of hydrogen-bond donors (Lipinski definition) is 1. The van der Waals surface area contributed by atoms with Gasteiger partial charge in [0.1, 0.15) is 0 Å². The van der Waals surface area contributed by atoms with Crippen LogP contribution >= 0.6 is 23.2 Å². The number of nitrogens with zero attached hydrogens (tertiary/aromatic N) is 2. The van der Waals surface area contributed by atoms with Crippen molar-refractivity contribution < 1.29 is 8.78 Å². The third-order valence-corrected chi connectivity index (χ3v) is 2.70. The SMILES string of the molecule is O=c1[nH]c(C(F)(F)CCl)nc2c(Cl)cncc12. The van der Waals surface area contributed by atoms with Crippen molar-refractivity contribution >= 4 is 34.1 Å². The number of fused-ring (bicyclic) bond motifs is 1. The van der Waals surface area contributed by atoms with Gasteiger partial charge in [0.2, 0.25) is 0 Å². The van der Waals surface area contributed by atoms with Crippen molar-refractivity contribution in [1.29, 1.82) is 0 Å². The van der Waals surface area contributed by atoms with Gasteiger partial charge in [-0.25, -0.2) is 4.98 Å². The minimum atomic E-state index is -3.42. The minimum absolute atomic E-state index is 0.0230. The van der Waals surface area contributed by atoms with Gasteiger partial charge in [0.05, 0.1) is 21.8 Å². The third-order valence-electron chi connectivity index (χ3n) is 2.09. The summed E-state index contributed by atoms with van der Waals surface area (Å²) >= 11 is 10.9. The van der Waals surface area contributed by atoms with Crippen molar-refractivity contribution in [3.05, 3.63) is 33.6 Å². The second-order valence-electron chi connectivity index (χ2n) is 3.27. The van der Waals surface area contributed by atoms with Gasteiger partial charge < -0.3 is 4.98 Å². The van der Waals surface area contributed by atoms with E-state index in [1.54, 1.807) is 0 Å². The Morgan fingerprint density at radius 2 is 2.12 bits per heavy atom. The topological polar surface area (TPSA) is 58.6 Å². The van der Waals surface area contributed by atoms with Crippen LogP contribution in [0.15, 0.2) is 17.2 Å². The van der Waals surface area contributed by atoms with E-state index in [-0.39, 0.29) is 15.9 Å². The Bertz CT molecular complexity index is 629. The summed E-state index contributed by atoms with van der Waals surface area (Å²) in [6.07, 6.45) is 2.43. The van der Waals surface area contributed by atoms with Gasteiger partial charge in [-0.1, -0.05) is 11.6 Å². The highest BCUT2D eigenvalue weighted by Crippen LogP contribution is 2.27. The fraction of sp³-hybridized carbons (Fsp3) is 0.222. The third kappa shape index (κ3) is 2.10. The first-order valence-corrected chi connectivity index (χ1v) is 5.35. The van der Waals surface area contributed by atoms with Crippen molar-refractivity contribution in [3.63, 3.8) is 0 Å². The van der Waals surface area contributed by atoms with E-state index in [9.17, 15) is 13.6 Å². The summed E-state index contributed by atoms with van der Waals surface area (Å²) in [7, 11) is 0. The first-order chi connectivity index (χ1) is 7.95. The monoisotopic (exact) mass is 279 g/mol. The Hall–Kier alpha value is -1.27. The molecule has 0 unspecified atom stereocenters. The number of aromatic amines is 1. The minimum Gasteiger partial charge on any atom is -0.305 e. The van der Waals surface area contributed by atoms with Gasteiger partial charge in [-0.2, -0.15) is 8.78 Å². The fourth-order valence-corrected chi connectivity index (χ4v) is 1.59. The van der Waals surface area contributed by atoms with Crippen LogP contribution in [0.5, 0.6) is 0 Å². The van der Waals surface area contributed by atoms with E-state index in [1.807, 2.05) is 4.98 Å². The van der Waals surface area contributed by atoms with Crippen molar-refractivity contribution in [3.8, 4) is 0 Å². The van der Waals surface area contributed by atoms with Crippen LogP contribution in [0, 0.1) is 0 Å². The van der Waals surface area contributed by atoms with Crippen molar-refractivity contribution in [2.75, 3.05) is 5.88 Å². The molecule has 2 aromatic heterocycles. The first kappa shape index (κ1) is 12.2. The Kier molecular flexibility index (Phi) is 3.01. The van der Waals surface area contributed by atoms with Crippen LogP contribution in [0.1, 0.15) is 5.82 Å². The summed E-state index contributed by atoms with van der Waals surface area (Å²) in [5, 5.41) is 0.0758. The molecule has 0 saturated carbocycles. The predicted octanol–water partition coefficient (Wildman–Crippen LogP) is 2.30. The second-order valence-corrected chi connectivity index (χ2v) is 3.94. The molecule has 4 nitrogen and oxygen atoms in total. The normalized spacial score (nSPS) is 12.0. The van der Waals surface area contributed by atoms with E-state index in [4.69, 9.17) is 23.2 Å². The number of halogens is 4. The van der Waals surface area contributed by atoms with Crippen LogP contribution in [0.4, 0.5) is 8.78 Å². The Morgan fingerprint density at radius 3 is 2.76 bits per heavy atom.